The van der Waals surface area contributed by atoms with E-state index in [0.29, 0.717) is 40.6 Å². The van der Waals surface area contributed by atoms with Gasteiger partial charge in [-0.3, -0.25) is 4.79 Å². The molecule has 6 heteroatoms. The van der Waals surface area contributed by atoms with Gasteiger partial charge >= 0.3 is 5.97 Å². The molecule has 0 amide bonds. The Morgan fingerprint density at radius 3 is 1.93 bits per heavy atom. The summed E-state index contributed by atoms with van der Waals surface area (Å²) in [7, 11) is 4.61. The van der Waals surface area contributed by atoms with Crippen molar-refractivity contribution in [2.75, 3.05) is 27.9 Å². The predicted octanol–water partition coefficient (Wildman–Crippen LogP) is 4.05. The third kappa shape index (κ3) is 3.92. The molecule has 0 unspecified atom stereocenters. The van der Waals surface area contributed by atoms with Crippen molar-refractivity contribution in [2.24, 2.45) is 23.2 Å². The summed E-state index contributed by atoms with van der Waals surface area (Å²) in [5.74, 6) is 3.14. The van der Waals surface area contributed by atoms with Crippen LogP contribution in [0.15, 0.2) is 18.2 Å². The topological polar surface area (TPSA) is 71.1 Å². The largest absolute Gasteiger partial charge is 0.493 e. The first kappa shape index (κ1) is 20.8. The van der Waals surface area contributed by atoms with Gasteiger partial charge in [0.25, 0.3) is 0 Å². The third-order valence-electron chi connectivity index (χ3n) is 7.07. The number of rotatable bonds is 8. The highest BCUT2D eigenvalue weighted by Gasteiger charge is 2.54. The van der Waals surface area contributed by atoms with Gasteiger partial charge in [-0.25, -0.2) is 4.79 Å². The van der Waals surface area contributed by atoms with E-state index in [0.717, 1.165) is 19.3 Å². The Morgan fingerprint density at radius 2 is 1.47 bits per heavy atom. The highest BCUT2D eigenvalue weighted by Crippen LogP contribution is 2.60. The van der Waals surface area contributed by atoms with Gasteiger partial charge < -0.3 is 18.9 Å². The van der Waals surface area contributed by atoms with Crippen LogP contribution in [-0.2, 0) is 14.3 Å². The van der Waals surface area contributed by atoms with Crippen LogP contribution in [-0.4, -0.2) is 39.7 Å². The molecule has 0 radical (unpaired) electrons. The van der Waals surface area contributed by atoms with Crippen LogP contribution in [0.1, 0.15) is 44.1 Å². The number of carbonyl (C=O) groups is 2. The molecule has 0 aromatic heterocycles. The molecule has 4 fully saturated rings. The second kappa shape index (κ2) is 8.32. The first-order chi connectivity index (χ1) is 14.5. The summed E-state index contributed by atoms with van der Waals surface area (Å²) >= 11 is 0. The summed E-state index contributed by atoms with van der Waals surface area (Å²) < 4.78 is 21.3. The van der Waals surface area contributed by atoms with Gasteiger partial charge in [0.15, 0.2) is 23.9 Å². The zero-order valence-corrected chi connectivity index (χ0v) is 17.9. The van der Waals surface area contributed by atoms with Gasteiger partial charge in [-0.15, -0.1) is 0 Å². The Hall–Kier alpha value is -2.50. The van der Waals surface area contributed by atoms with Crippen LogP contribution >= 0.6 is 0 Å². The smallest absolute Gasteiger partial charge is 0.331 e. The Kier molecular flexibility index (Phi) is 5.76. The molecule has 30 heavy (non-hydrogen) atoms. The van der Waals surface area contributed by atoms with Crippen molar-refractivity contribution in [1.29, 1.82) is 0 Å². The average molecular weight is 414 g/mol. The maximum absolute atomic E-state index is 13.0. The molecular weight excluding hydrogens is 384 g/mol. The molecule has 5 rings (SSSR count). The fourth-order valence-electron chi connectivity index (χ4n) is 6.15. The number of ether oxygens (including phenoxy) is 4. The molecule has 0 heterocycles. The Balaban J connectivity index is 1.37. The number of methoxy groups -OCH3 is 3. The molecule has 0 saturated heterocycles. The van der Waals surface area contributed by atoms with Crippen molar-refractivity contribution in [3.8, 4) is 17.2 Å². The van der Waals surface area contributed by atoms with E-state index in [4.69, 9.17) is 18.9 Å². The molecule has 4 aliphatic rings. The van der Waals surface area contributed by atoms with E-state index in [2.05, 4.69) is 0 Å². The molecule has 1 aromatic carbocycles. The zero-order valence-electron chi connectivity index (χ0n) is 17.9. The number of esters is 1. The number of Topliss-reactive ketones (excluding diaryl/α,β-unsaturated/α-hetero) is 1. The van der Waals surface area contributed by atoms with E-state index in [9.17, 15) is 9.59 Å². The highest BCUT2D eigenvalue weighted by atomic mass is 16.5. The van der Waals surface area contributed by atoms with Gasteiger partial charge in [0, 0.05) is 11.5 Å². The minimum absolute atomic E-state index is 0.108. The summed E-state index contributed by atoms with van der Waals surface area (Å²) in [6, 6.07) is 3.48. The number of ketones is 1. The number of hydrogen-bond acceptors (Lipinski definition) is 6. The van der Waals surface area contributed by atoms with E-state index in [-0.39, 0.29) is 17.8 Å². The van der Waals surface area contributed by atoms with Crippen LogP contribution in [0.4, 0.5) is 0 Å². The van der Waals surface area contributed by atoms with E-state index in [1.807, 2.05) is 0 Å². The molecule has 0 spiro atoms. The van der Waals surface area contributed by atoms with Crippen molar-refractivity contribution in [1.82, 2.24) is 0 Å². The molecule has 0 aliphatic heterocycles. The third-order valence-corrected chi connectivity index (χ3v) is 7.07. The summed E-state index contributed by atoms with van der Waals surface area (Å²) in [5.41, 5.74) is 0.462. The molecule has 1 aromatic rings. The standard InChI is InChI=1S/C24H30O6/c1-27-19-9-15(10-20(28-2)23(19)29-3)4-5-22(26)30-14-21(25)24-11-16-6-17(12-24)8-18(7-16)13-24/h4-5,9-10,16-18H,6-8,11-14H2,1-3H3. The lowest BCUT2D eigenvalue weighted by molar-refractivity contribution is -0.155. The number of benzene rings is 1. The zero-order chi connectivity index (χ0) is 21.3. The summed E-state index contributed by atoms with van der Waals surface area (Å²) in [6.07, 6.45) is 9.73. The average Bonchev–Trinajstić information content (AvgIpc) is 2.74. The van der Waals surface area contributed by atoms with E-state index in [1.165, 1.54) is 46.7 Å². The maximum atomic E-state index is 13.0. The summed E-state index contributed by atoms with van der Waals surface area (Å²) in [5, 5.41) is 0. The number of hydrogen-bond donors (Lipinski definition) is 0. The SMILES string of the molecule is COc1cc(C=CC(=O)OCC(=O)C23CC4CC(CC(C4)C2)C3)cc(OC)c1OC. The van der Waals surface area contributed by atoms with Gasteiger partial charge in [0.2, 0.25) is 5.75 Å². The van der Waals surface area contributed by atoms with Crippen molar-refractivity contribution in [3.05, 3.63) is 23.8 Å². The van der Waals surface area contributed by atoms with Gasteiger partial charge in [-0.1, -0.05) is 0 Å². The minimum Gasteiger partial charge on any atom is -0.493 e. The Labute approximate surface area is 177 Å². The van der Waals surface area contributed by atoms with Gasteiger partial charge in [0.1, 0.15) is 0 Å². The lowest BCUT2D eigenvalue weighted by Crippen LogP contribution is -2.51. The monoisotopic (exact) mass is 414 g/mol. The lowest BCUT2D eigenvalue weighted by Gasteiger charge is -2.55. The van der Waals surface area contributed by atoms with Crippen molar-refractivity contribution >= 4 is 17.8 Å². The Morgan fingerprint density at radius 1 is 0.933 bits per heavy atom. The lowest BCUT2D eigenvalue weighted by atomic mass is 9.48. The summed E-state index contributed by atoms with van der Waals surface area (Å²) in [6.45, 7) is -0.134. The van der Waals surface area contributed by atoms with Crippen molar-refractivity contribution in [2.45, 2.75) is 38.5 Å². The quantitative estimate of drug-likeness (QED) is 0.472. The van der Waals surface area contributed by atoms with Crippen LogP contribution in [0.5, 0.6) is 17.2 Å². The maximum Gasteiger partial charge on any atom is 0.331 e. The second-order valence-corrected chi connectivity index (χ2v) is 9.02. The van der Waals surface area contributed by atoms with Crippen LogP contribution in [0.2, 0.25) is 0 Å². The molecule has 0 atom stereocenters. The molecule has 4 saturated carbocycles. The van der Waals surface area contributed by atoms with Crippen LogP contribution in [0.3, 0.4) is 0 Å². The summed E-state index contributed by atoms with van der Waals surface area (Å²) in [4.78, 5) is 25.2. The number of carbonyl (C=O) groups excluding carboxylic acids is 2. The fourth-order valence-corrected chi connectivity index (χ4v) is 6.15. The fraction of sp³-hybridized carbons (Fsp3) is 0.583. The normalized spacial score (nSPS) is 29.1. The van der Waals surface area contributed by atoms with Crippen LogP contribution in [0, 0.1) is 23.2 Å². The van der Waals surface area contributed by atoms with E-state index < -0.39 is 5.97 Å². The van der Waals surface area contributed by atoms with E-state index >= 15 is 0 Å². The molecular formula is C24H30O6. The minimum atomic E-state index is -0.526. The Bertz CT molecular complexity index is 795. The molecule has 162 valence electrons. The van der Waals surface area contributed by atoms with Gasteiger partial charge in [-0.05, 0) is 80.1 Å². The van der Waals surface area contributed by atoms with Crippen molar-refractivity contribution in [3.63, 3.8) is 0 Å². The molecule has 4 bridgehead atoms. The van der Waals surface area contributed by atoms with Crippen molar-refractivity contribution < 1.29 is 28.5 Å². The molecule has 0 N–H and O–H groups in total. The molecule has 6 nitrogen and oxygen atoms in total. The molecule has 4 aliphatic carbocycles. The first-order valence-corrected chi connectivity index (χ1v) is 10.6. The first-order valence-electron chi connectivity index (χ1n) is 10.6. The van der Waals surface area contributed by atoms with Crippen LogP contribution in [0.25, 0.3) is 6.08 Å². The van der Waals surface area contributed by atoms with Crippen LogP contribution < -0.4 is 14.2 Å². The predicted molar refractivity (Wildman–Crippen MR) is 112 cm³/mol. The van der Waals surface area contributed by atoms with E-state index in [1.54, 1.807) is 18.2 Å². The highest BCUT2D eigenvalue weighted by molar-refractivity contribution is 5.92. The van der Waals surface area contributed by atoms with Gasteiger partial charge in [0.05, 0.1) is 21.3 Å². The second-order valence-electron chi connectivity index (χ2n) is 9.02. The van der Waals surface area contributed by atoms with Gasteiger partial charge in [-0.2, -0.15) is 0 Å².